The molecule has 0 aliphatic carbocycles. The molecule has 0 radical (unpaired) electrons. The fourth-order valence-corrected chi connectivity index (χ4v) is 4.27. The molecule has 152 valence electrons. The Hall–Kier alpha value is -2.83. The van der Waals surface area contributed by atoms with Crippen LogP contribution in [0.1, 0.15) is 37.8 Å². The van der Waals surface area contributed by atoms with Crippen LogP contribution >= 0.6 is 0 Å². The largest absolute Gasteiger partial charge is 0.618 e. The Morgan fingerprint density at radius 1 is 1.10 bits per heavy atom. The lowest BCUT2D eigenvalue weighted by molar-refractivity contribution is -0.359. The smallest absolute Gasteiger partial charge is 0.341 e. The first kappa shape index (κ1) is 19.5. The molecule has 2 aliphatic rings. The van der Waals surface area contributed by atoms with Crippen LogP contribution in [0, 0.1) is 17.5 Å². The van der Waals surface area contributed by atoms with Gasteiger partial charge in [-0.25, -0.2) is 9.38 Å². The molecule has 7 heteroatoms. The number of aryl methyl sites for hydroxylation is 1. The van der Waals surface area contributed by atoms with Crippen molar-refractivity contribution in [2.24, 2.45) is 10.4 Å². The van der Waals surface area contributed by atoms with Gasteiger partial charge in [0.05, 0.1) is 5.56 Å². The molecule has 0 spiro atoms. The number of amidine groups is 1. The van der Waals surface area contributed by atoms with Gasteiger partial charge in [0, 0.05) is 6.07 Å². The van der Waals surface area contributed by atoms with Crippen molar-refractivity contribution in [2.45, 2.75) is 46.0 Å². The van der Waals surface area contributed by atoms with Crippen molar-refractivity contribution in [3.8, 4) is 0 Å². The van der Waals surface area contributed by atoms with Crippen LogP contribution < -0.4 is 4.90 Å². The number of hydrogen-bond donors (Lipinski definition) is 0. The SMILES string of the molecule is CCC1(CC)C(F)N=C2C(c3ccccc3)=[N+]([O-])c3cc(C)ccc3N2C1(F)F. The molecular weight excluding hydrogens is 379 g/mol. The second-order valence-electron chi connectivity index (χ2n) is 7.53. The Labute approximate surface area is 167 Å². The highest BCUT2D eigenvalue weighted by atomic mass is 19.3. The Balaban J connectivity index is 2.09. The third-order valence-electron chi connectivity index (χ3n) is 6.10. The monoisotopic (exact) mass is 401 g/mol. The molecule has 0 aromatic heterocycles. The number of anilines is 1. The molecule has 2 aromatic rings. The summed E-state index contributed by atoms with van der Waals surface area (Å²) >= 11 is 0. The standard InChI is InChI=1S/C22H22F3N3O/c1-4-21(5-2)20(23)26-19-18(15-9-7-6-8-10-15)28(29)17-13-14(3)11-12-16(17)27(19)22(21,24)25/h6-13,20H,4-5H2,1-3H3. The molecule has 4 nitrogen and oxygen atoms in total. The number of hydrogen-bond acceptors (Lipinski definition) is 3. The van der Waals surface area contributed by atoms with E-state index in [4.69, 9.17) is 0 Å². The quantitative estimate of drug-likeness (QED) is 0.384. The van der Waals surface area contributed by atoms with Gasteiger partial charge in [-0.2, -0.15) is 13.5 Å². The summed E-state index contributed by atoms with van der Waals surface area (Å²) in [6.07, 6.45) is -2.31. The molecule has 0 amide bonds. The van der Waals surface area contributed by atoms with Crippen LogP contribution in [0.3, 0.4) is 0 Å². The molecule has 1 unspecified atom stereocenters. The van der Waals surface area contributed by atoms with E-state index < -0.39 is 17.8 Å². The van der Waals surface area contributed by atoms with Gasteiger partial charge in [-0.3, -0.25) is 4.90 Å². The lowest BCUT2D eigenvalue weighted by Gasteiger charge is -2.50. The minimum Gasteiger partial charge on any atom is -0.618 e. The maximum atomic E-state index is 16.0. The van der Waals surface area contributed by atoms with E-state index in [0.29, 0.717) is 10.3 Å². The Bertz CT molecular complexity index is 1010. The maximum Gasteiger partial charge on any atom is 0.341 e. The fourth-order valence-electron chi connectivity index (χ4n) is 4.27. The van der Waals surface area contributed by atoms with E-state index in [1.54, 1.807) is 63.2 Å². The summed E-state index contributed by atoms with van der Waals surface area (Å²) in [7, 11) is 0. The third-order valence-corrected chi connectivity index (χ3v) is 6.10. The summed E-state index contributed by atoms with van der Waals surface area (Å²) in [5, 5.41) is 13.2. The molecular formula is C22H22F3N3O. The predicted molar refractivity (Wildman–Crippen MR) is 108 cm³/mol. The number of benzene rings is 2. The van der Waals surface area contributed by atoms with Crippen LogP contribution in [0.2, 0.25) is 0 Å². The third kappa shape index (κ3) is 2.52. The predicted octanol–water partition coefficient (Wildman–Crippen LogP) is 5.55. The van der Waals surface area contributed by atoms with Gasteiger partial charge in [0.25, 0.3) is 5.71 Å². The lowest BCUT2D eigenvalue weighted by Crippen LogP contribution is -2.66. The summed E-state index contributed by atoms with van der Waals surface area (Å²) in [5.41, 5.74) is -0.758. The second kappa shape index (κ2) is 6.61. The van der Waals surface area contributed by atoms with Crippen molar-refractivity contribution in [2.75, 3.05) is 4.90 Å². The minimum absolute atomic E-state index is 0.0345. The van der Waals surface area contributed by atoms with Crippen LogP contribution in [0.25, 0.3) is 0 Å². The van der Waals surface area contributed by atoms with E-state index in [9.17, 15) is 5.21 Å². The molecule has 0 saturated heterocycles. The van der Waals surface area contributed by atoms with Crippen LogP contribution in [0.15, 0.2) is 53.5 Å². The summed E-state index contributed by atoms with van der Waals surface area (Å²) in [6, 6.07) is 9.56. The lowest BCUT2D eigenvalue weighted by atomic mass is 9.76. The minimum atomic E-state index is -3.57. The molecule has 0 fully saturated rings. The number of nitrogens with zero attached hydrogens (tertiary/aromatic N) is 3. The average molecular weight is 401 g/mol. The van der Waals surface area contributed by atoms with Crippen LogP contribution in [-0.2, 0) is 0 Å². The van der Waals surface area contributed by atoms with Gasteiger partial charge in [-0.15, -0.1) is 0 Å². The zero-order valence-electron chi connectivity index (χ0n) is 16.5. The van der Waals surface area contributed by atoms with Crippen LogP contribution in [-0.4, -0.2) is 28.6 Å². The average Bonchev–Trinajstić information content (AvgIpc) is 2.69. The summed E-state index contributed by atoms with van der Waals surface area (Å²) in [4.78, 5) is 4.81. The van der Waals surface area contributed by atoms with Gasteiger partial charge in [-0.05, 0) is 43.5 Å². The molecule has 2 aliphatic heterocycles. The van der Waals surface area contributed by atoms with Gasteiger partial charge in [0.1, 0.15) is 11.1 Å². The molecule has 2 aromatic carbocycles. The Morgan fingerprint density at radius 3 is 2.38 bits per heavy atom. The van der Waals surface area contributed by atoms with Gasteiger partial charge in [0.15, 0.2) is 0 Å². The van der Waals surface area contributed by atoms with Gasteiger partial charge >= 0.3 is 6.05 Å². The van der Waals surface area contributed by atoms with Crippen molar-refractivity contribution >= 4 is 22.9 Å². The first-order valence-corrected chi connectivity index (χ1v) is 9.69. The topological polar surface area (TPSA) is 41.7 Å². The van der Waals surface area contributed by atoms with E-state index in [1.165, 1.54) is 6.07 Å². The molecule has 1 atom stereocenters. The normalized spacial score (nSPS) is 22.1. The number of rotatable bonds is 3. The Morgan fingerprint density at radius 2 is 1.76 bits per heavy atom. The summed E-state index contributed by atoms with van der Waals surface area (Å²) < 4.78 is 47.7. The summed E-state index contributed by atoms with van der Waals surface area (Å²) in [6.45, 7) is 4.88. The number of aliphatic imine (C=N–C) groups is 1. The van der Waals surface area contributed by atoms with E-state index >= 15 is 13.2 Å². The molecule has 29 heavy (non-hydrogen) atoms. The van der Waals surface area contributed by atoms with Crippen molar-refractivity contribution in [3.05, 3.63) is 64.9 Å². The van der Waals surface area contributed by atoms with Crippen LogP contribution in [0.4, 0.5) is 24.5 Å². The van der Waals surface area contributed by atoms with Gasteiger partial charge in [0.2, 0.25) is 17.8 Å². The van der Waals surface area contributed by atoms with Gasteiger partial charge < -0.3 is 5.21 Å². The first-order chi connectivity index (χ1) is 13.8. The van der Waals surface area contributed by atoms with E-state index in [2.05, 4.69) is 4.99 Å². The second-order valence-corrected chi connectivity index (χ2v) is 7.53. The number of fused-ring (bicyclic) bond motifs is 3. The van der Waals surface area contributed by atoms with Crippen molar-refractivity contribution in [3.63, 3.8) is 0 Å². The highest BCUT2D eigenvalue weighted by molar-refractivity contribution is 6.51. The van der Waals surface area contributed by atoms with E-state index in [-0.39, 0.29) is 35.8 Å². The van der Waals surface area contributed by atoms with E-state index in [0.717, 1.165) is 10.5 Å². The highest BCUT2D eigenvalue weighted by Crippen LogP contribution is 2.55. The highest BCUT2D eigenvalue weighted by Gasteiger charge is 2.66. The Kier molecular flexibility index (Phi) is 4.44. The number of alkyl halides is 3. The fraction of sp³-hybridized carbons (Fsp3) is 0.364. The van der Waals surface area contributed by atoms with Crippen LogP contribution in [0.5, 0.6) is 0 Å². The zero-order chi connectivity index (χ0) is 21.0. The molecule has 0 saturated carbocycles. The zero-order valence-corrected chi connectivity index (χ0v) is 16.5. The summed E-state index contributed by atoms with van der Waals surface area (Å²) in [5.74, 6) is -0.336. The van der Waals surface area contributed by atoms with Crippen molar-refractivity contribution in [1.29, 1.82) is 0 Å². The van der Waals surface area contributed by atoms with E-state index in [1.807, 2.05) is 0 Å². The maximum absolute atomic E-state index is 16.0. The molecule has 0 N–H and O–H groups in total. The number of halogens is 3. The van der Waals surface area contributed by atoms with Crippen molar-refractivity contribution < 1.29 is 17.9 Å². The van der Waals surface area contributed by atoms with Crippen molar-refractivity contribution in [1.82, 2.24) is 0 Å². The first-order valence-electron chi connectivity index (χ1n) is 9.69. The molecule has 4 rings (SSSR count). The van der Waals surface area contributed by atoms with Gasteiger partial charge in [-0.1, -0.05) is 38.1 Å². The molecule has 2 heterocycles. The molecule has 0 bridgehead atoms.